The summed E-state index contributed by atoms with van der Waals surface area (Å²) in [6.07, 6.45) is 0. The average Bonchev–Trinajstić information content (AvgIpc) is 2.75. The zero-order chi connectivity index (χ0) is 20.5. The number of carbonyl (C=O) groups excluding carboxylic acids is 2. The third kappa shape index (κ3) is 5.59. The van der Waals surface area contributed by atoms with Gasteiger partial charge in [-0.1, -0.05) is 42.5 Å². The fourth-order valence-corrected chi connectivity index (χ4v) is 2.69. The van der Waals surface area contributed by atoms with Gasteiger partial charge >= 0.3 is 5.97 Å². The minimum absolute atomic E-state index is 0.346. The Morgan fingerprint density at radius 3 is 2.24 bits per heavy atom. The number of nitrogens with one attached hydrogen (secondary N) is 2. The van der Waals surface area contributed by atoms with E-state index in [1.54, 1.807) is 36.4 Å². The molecule has 148 valence electrons. The minimum Gasteiger partial charge on any atom is -0.492 e. The SMILES string of the molecule is CCOc1ccccc1NC(=O)COC(=O)c1ccccc1Nc1ccccc1. The highest BCUT2D eigenvalue weighted by atomic mass is 16.5. The van der Waals surface area contributed by atoms with Crippen LogP contribution in [0.2, 0.25) is 0 Å². The first-order valence-corrected chi connectivity index (χ1v) is 9.27. The Kier molecular flexibility index (Phi) is 6.84. The smallest absolute Gasteiger partial charge is 0.340 e. The highest BCUT2D eigenvalue weighted by Crippen LogP contribution is 2.24. The summed E-state index contributed by atoms with van der Waals surface area (Å²) in [6, 6.07) is 23.6. The van der Waals surface area contributed by atoms with Crippen LogP contribution in [0.3, 0.4) is 0 Å². The van der Waals surface area contributed by atoms with E-state index in [0.29, 0.717) is 29.3 Å². The molecule has 0 atom stereocenters. The standard InChI is InChI=1S/C23H22N2O4/c1-2-28-21-15-9-8-14-20(21)25-22(26)16-29-23(27)18-12-6-7-13-19(18)24-17-10-4-3-5-11-17/h3-15,24H,2,16H2,1H3,(H,25,26). The average molecular weight is 390 g/mol. The summed E-state index contributed by atoms with van der Waals surface area (Å²) in [7, 11) is 0. The maximum Gasteiger partial charge on any atom is 0.340 e. The van der Waals surface area contributed by atoms with Gasteiger partial charge in [0.1, 0.15) is 5.75 Å². The number of rotatable bonds is 8. The Balaban J connectivity index is 1.62. The maximum atomic E-state index is 12.5. The van der Waals surface area contributed by atoms with Crippen molar-refractivity contribution in [3.8, 4) is 5.75 Å². The zero-order valence-electron chi connectivity index (χ0n) is 16.1. The monoisotopic (exact) mass is 390 g/mol. The van der Waals surface area contributed by atoms with E-state index in [2.05, 4.69) is 10.6 Å². The number of amides is 1. The van der Waals surface area contributed by atoms with Crippen molar-refractivity contribution in [3.05, 3.63) is 84.4 Å². The number of para-hydroxylation sites is 4. The van der Waals surface area contributed by atoms with Gasteiger partial charge in [-0.3, -0.25) is 4.79 Å². The summed E-state index contributed by atoms with van der Waals surface area (Å²) < 4.78 is 10.7. The molecule has 0 fully saturated rings. The van der Waals surface area contributed by atoms with Crippen molar-refractivity contribution < 1.29 is 19.1 Å². The fraction of sp³-hybridized carbons (Fsp3) is 0.130. The molecule has 1 amide bonds. The van der Waals surface area contributed by atoms with Gasteiger partial charge in [-0.25, -0.2) is 4.79 Å². The highest BCUT2D eigenvalue weighted by molar-refractivity contribution is 5.99. The van der Waals surface area contributed by atoms with Gasteiger partial charge in [0.15, 0.2) is 6.61 Å². The van der Waals surface area contributed by atoms with Gasteiger partial charge in [0, 0.05) is 5.69 Å². The lowest BCUT2D eigenvalue weighted by Gasteiger charge is -2.13. The van der Waals surface area contributed by atoms with Crippen LogP contribution in [0, 0.1) is 0 Å². The topological polar surface area (TPSA) is 76.7 Å². The van der Waals surface area contributed by atoms with Crippen molar-refractivity contribution in [3.63, 3.8) is 0 Å². The molecule has 0 aliphatic carbocycles. The first-order valence-electron chi connectivity index (χ1n) is 9.27. The Bertz CT molecular complexity index is 973. The molecule has 0 radical (unpaired) electrons. The number of esters is 1. The Morgan fingerprint density at radius 1 is 0.828 bits per heavy atom. The molecule has 0 aliphatic rings. The van der Waals surface area contributed by atoms with Crippen molar-refractivity contribution in [1.82, 2.24) is 0 Å². The number of anilines is 3. The minimum atomic E-state index is -0.586. The normalized spacial score (nSPS) is 10.1. The van der Waals surface area contributed by atoms with Crippen molar-refractivity contribution in [2.45, 2.75) is 6.92 Å². The van der Waals surface area contributed by atoms with Gasteiger partial charge < -0.3 is 20.1 Å². The van der Waals surface area contributed by atoms with Crippen LogP contribution in [0.25, 0.3) is 0 Å². The fourth-order valence-electron chi connectivity index (χ4n) is 2.69. The maximum absolute atomic E-state index is 12.5. The van der Waals surface area contributed by atoms with Gasteiger partial charge in [0.25, 0.3) is 5.91 Å². The Labute approximate surface area is 169 Å². The second-order valence-corrected chi connectivity index (χ2v) is 6.09. The third-order valence-corrected chi connectivity index (χ3v) is 4.00. The predicted molar refractivity (Wildman–Crippen MR) is 113 cm³/mol. The molecular formula is C23H22N2O4. The van der Waals surface area contributed by atoms with Crippen LogP contribution in [0.5, 0.6) is 5.75 Å². The lowest BCUT2D eigenvalue weighted by Crippen LogP contribution is -2.21. The molecule has 2 N–H and O–H groups in total. The number of benzene rings is 3. The number of hydrogen-bond acceptors (Lipinski definition) is 5. The highest BCUT2D eigenvalue weighted by Gasteiger charge is 2.15. The van der Waals surface area contributed by atoms with E-state index in [4.69, 9.17) is 9.47 Å². The summed E-state index contributed by atoms with van der Waals surface area (Å²) in [6.45, 7) is 1.94. The Hall–Kier alpha value is -3.80. The second-order valence-electron chi connectivity index (χ2n) is 6.09. The van der Waals surface area contributed by atoms with Crippen LogP contribution in [0.15, 0.2) is 78.9 Å². The number of hydrogen-bond donors (Lipinski definition) is 2. The van der Waals surface area contributed by atoms with Crippen molar-refractivity contribution in [2.24, 2.45) is 0 Å². The van der Waals surface area contributed by atoms with E-state index in [9.17, 15) is 9.59 Å². The lowest BCUT2D eigenvalue weighted by atomic mass is 10.1. The van der Waals surface area contributed by atoms with Crippen LogP contribution in [0.1, 0.15) is 17.3 Å². The van der Waals surface area contributed by atoms with E-state index < -0.39 is 18.5 Å². The van der Waals surface area contributed by atoms with Gasteiger partial charge in [-0.2, -0.15) is 0 Å². The van der Waals surface area contributed by atoms with Crippen LogP contribution >= 0.6 is 0 Å². The van der Waals surface area contributed by atoms with Crippen LogP contribution < -0.4 is 15.4 Å². The number of ether oxygens (including phenoxy) is 2. The molecule has 0 bridgehead atoms. The molecule has 6 heteroatoms. The van der Waals surface area contributed by atoms with E-state index >= 15 is 0 Å². The molecule has 0 saturated heterocycles. The van der Waals surface area contributed by atoms with E-state index in [1.165, 1.54) is 0 Å². The van der Waals surface area contributed by atoms with Crippen molar-refractivity contribution in [1.29, 1.82) is 0 Å². The first kappa shape index (κ1) is 19.9. The lowest BCUT2D eigenvalue weighted by molar-refractivity contribution is -0.119. The quantitative estimate of drug-likeness (QED) is 0.549. The van der Waals surface area contributed by atoms with Crippen LogP contribution in [-0.4, -0.2) is 25.1 Å². The molecule has 3 rings (SSSR count). The summed E-state index contributed by atoms with van der Waals surface area (Å²) in [4.78, 5) is 24.7. The van der Waals surface area contributed by atoms with E-state index in [-0.39, 0.29) is 0 Å². The molecule has 0 heterocycles. The largest absolute Gasteiger partial charge is 0.492 e. The predicted octanol–water partition coefficient (Wildman–Crippen LogP) is 4.62. The second kappa shape index (κ2) is 9.94. The van der Waals surface area contributed by atoms with E-state index in [0.717, 1.165) is 5.69 Å². The molecule has 3 aromatic carbocycles. The van der Waals surface area contributed by atoms with Gasteiger partial charge in [-0.15, -0.1) is 0 Å². The van der Waals surface area contributed by atoms with Gasteiger partial charge in [0.2, 0.25) is 0 Å². The van der Waals surface area contributed by atoms with Crippen LogP contribution in [-0.2, 0) is 9.53 Å². The van der Waals surface area contributed by atoms with Gasteiger partial charge in [0.05, 0.1) is 23.5 Å². The summed E-state index contributed by atoms with van der Waals surface area (Å²) >= 11 is 0. The summed E-state index contributed by atoms with van der Waals surface area (Å²) in [5, 5.41) is 5.88. The van der Waals surface area contributed by atoms with Gasteiger partial charge in [-0.05, 0) is 43.3 Å². The van der Waals surface area contributed by atoms with Crippen molar-refractivity contribution >= 4 is 28.9 Å². The molecule has 6 nitrogen and oxygen atoms in total. The summed E-state index contributed by atoms with van der Waals surface area (Å²) in [5.74, 6) is -0.469. The first-order chi connectivity index (χ1) is 14.2. The Morgan fingerprint density at radius 2 is 1.48 bits per heavy atom. The molecule has 0 saturated carbocycles. The molecule has 3 aromatic rings. The summed E-state index contributed by atoms with van der Waals surface area (Å²) in [5.41, 5.74) is 2.32. The molecule has 0 aromatic heterocycles. The molecule has 0 spiro atoms. The third-order valence-electron chi connectivity index (χ3n) is 4.00. The number of carbonyl (C=O) groups is 2. The molecular weight excluding hydrogens is 368 g/mol. The van der Waals surface area contributed by atoms with Crippen molar-refractivity contribution in [2.75, 3.05) is 23.8 Å². The van der Waals surface area contributed by atoms with Crippen LogP contribution in [0.4, 0.5) is 17.1 Å². The molecule has 29 heavy (non-hydrogen) atoms. The zero-order valence-corrected chi connectivity index (χ0v) is 16.1. The van der Waals surface area contributed by atoms with E-state index in [1.807, 2.05) is 49.4 Å². The molecule has 0 aliphatic heterocycles. The molecule has 0 unspecified atom stereocenters.